The molecule has 0 bridgehead atoms. The molecule has 0 spiro atoms. The highest BCUT2D eigenvalue weighted by atomic mass is 16.6. The highest BCUT2D eigenvalue weighted by Crippen LogP contribution is 2.29. The third kappa shape index (κ3) is 3.70. The molecule has 138 valence electrons. The van der Waals surface area contributed by atoms with Crippen LogP contribution in [0.4, 0.5) is 11.5 Å². The monoisotopic (exact) mass is 354 g/mol. The third-order valence-electron chi connectivity index (χ3n) is 5.30. The van der Waals surface area contributed by atoms with E-state index in [2.05, 4.69) is 54.6 Å². The van der Waals surface area contributed by atoms with Crippen LogP contribution in [0.2, 0.25) is 0 Å². The zero-order valence-corrected chi connectivity index (χ0v) is 15.9. The second-order valence-corrected chi connectivity index (χ2v) is 7.14. The first kappa shape index (κ1) is 18.3. The van der Waals surface area contributed by atoms with E-state index in [4.69, 9.17) is 0 Å². The van der Waals surface area contributed by atoms with E-state index < -0.39 is 4.92 Å². The fourth-order valence-electron chi connectivity index (χ4n) is 4.07. The molecule has 1 unspecified atom stereocenters. The average molecular weight is 354 g/mol. The molecule has 1 aliphatic rings. The molecule has 6 heteroatoms. The number of anilines is 1. The summed E-state index contributed by atoms with van der Waals surface area (Å²) in [5, 5.41) is 10.7. The molecular formula is C20H26N4O2. The maximum absolute atomic E-state index is 10.7. The van der Waals surface area contributed by atoms with Crippen molar-refractivity contribution in [3.8, 4) is 0 Å². The molecule has 2 aromatic rings. The predicted octanol–water partition coefficient (Wildman–Crippen LogP) is 3.80. The summed E-state index contributed by atoms with van der Waals surface area (Å²) in [4.78, 5) is 19.0. The fourth-order valence-corrected chi connectivity index (χ4v) is 4.07. The van der Waals surface area contributed by atoms with Crippen LogP contribution in [-0.2, 0) is 0 Å². The number of benzene rings is 1. The van der Waals surface area contributed by atoms with Gasteiger partial charge in [-0.1, -0.05) is 17.7 Å². The minimum Gasteiger partial charge on any atom is -0.366 e. The van der Waals surface area contributed by atoms with E-state index in [1.807, 2.05) is 0 Å². The van der Waals surface area contributed by atoms with Gasteiger partial charge in [0.15, 0.2) is 6.20 Å². The van der Waals surface area contributed by atoms with Crippen molar-refractivity contribution >= 4 is 11.5 Å². The van der Waals surface area contributed by atoms with Crippen molar-refractivity contribution in [2.75, 3.05) is 31.1 Å². The number of aromatic nitrogens is 1. The van der Waals surface area contributed by atoms with Gasteiger partial charge in [0.1, 0.15) is 0 Å². The summed E-state index contributed by atoms with van der Waals surface area (Å²) in [6.07, 6.45) is 1.60. The first-order chi connectivity index (χ1) is 12.4. The molecule has 26 heavy (non-hydrogen) atoms. The molecule has 1 fully saturated rings. The number of rotatable bonds is 4. The Morgan fingerprint density at radius 1 is 1.08 bits per heavy atom. The van der Waals surface area contributed by atoms with Crippen LogP contribution in [0.25, 0.3) is 0 Å². The number of hydrogen-bond donors (Lipinski definition) is 0. The van der Waals surface area contributed by atoms with Crippen LogP contribution in [-0.4, -0.2) is 41.0 Å². The summed E-state index contributed by atoms with van der Waals surface area (Å²) < 4.78 is 0. The zero-order chi connectivity index (χ0) is 18.8. The first-order valence-electron chi connectivity index (χ1n) is 9.04. The van der Waals surface area contributed by atoms with Gasteiger partial charge in [-0.25, -0.2) is 0 Å². The van der Waals surface area contributed by atoms with Crippen LogP contribution < -0.4 is 4.90 Å². The van der Waals surface area contributed by atoms with Gasteiger partial charge in [0.05, 0.1) is 5.69 Å². The molecule has 2 heterocycles. The highest BCUT2D eigenvalue weighted by Gasteiger charge is 2.25. The molecule has 0 N–H and O–H groups in total. The number of piperazine rings is 1. The normalized spacial score (nSPS) is 16.5. The number of nitro groups is 1. The minimum absolute atomic E-state index is 0.105. The van der Waals surface area contributed by atoms with Gasteiger partial charge in [-0.15, -0.1) is 0 Å². The van der Waals surface area contributed by atoms with E-state index in [0.717, 1.165) is 31.9 Å². The third-order valence-corrected chi connectivity index (χ3v) is 5.30. The first-order valence-corrected chi connectivity index (χ1v) is 9.04. The second-order valence-electron chi connectivity index (χ2n) is 7.14. The topological polar surface area (TPSA) is 62.5 Å². The van der Waals surface area contributed by atoms with Gasteiger partial charge in [0, 0.05) is 38.3 Å². The quantitative estimate of drug-likeness (QED) is 0.617. The van der Waals surface area contributed by atoms with Crippen molar-refractivity contribution in [2.45, 2.75) is 33.7 Å². The molecule has 6 nitrogen and oxygen atoms in total. The Morgan fingerprint density at radius 3 is 2.19 bits per heavy atom. The molecule has 0 amide bonds. The summed E-state index contributed by atoms with van der Waals surface area (Å²) in [5.41, 5.74) is 6.41. The highest BCUT2D eigenvalue weighted by molar-refractivity contribution is 5.47. The Kier molecular flexibility index (Phi) is 5.23. The van der Waals surface area contributed by atoms with E-state index in [0.29, 0.717) is 6.04 Å². The molecule has 0 radical (unpaired) electrons. The molecule has 1 saturated heterocycles. The van der Waals surface area contributed by atoms with Crippen molar-refractivity contribution in [2.24, 2.45) is 0 Å². The van der Waals surface area contributed by atoms with E-state index in [-0.39, 0.29) is 5.82 Å². The SMILES string of the molecule is Cc1cc(C)c(C(C)N2CCN(c3ccc([N+](=O)[O-])nc3)CC2)c(C)c1. The molecule has 0 aliphatic carbocycles. The Bertz CT molecular complexity index is 773. The Morgan fingerprint density at radius 2 is 1.69 bits per heavy atom. The van der Waals surface area contributed by atoms with Crippen LogP contribution in [0.1, 0.15) is 35.2 Å². The van der Waals surface area contributed by atoms with E-state index in [1.54, 1.807) is 12.3 Å². The summed E-state index contributed by atoms with van der Waals surface area (Å²) in [6.45, 7) is 12.5. The number of pyridine rings is 1. The molecule has 1 atom stereocenters. The lowest BCUT2D eigenvalue weighted by Crippen LogP contribution is -2.47. The molecule has 1 aromatic carbocycles. The fraction of sp³-hybridized carbons (Fsp3) is 0.450. The van der Waals surface area contributed by atoms with Gasteiger partial charge in [-0.2, -0.15) is 0 Å². The smallest absolute Gasteiger partial charge is 0.363 e. The summed E-state index contributed by atoms with van der Waals surface area (Å²) in [7, 11) is 0. The van der Waals surface area contributed by atoms with Crippen LogP contribution >= 0.6 is 0 Å². The molecule has 3 rings (SSSR count). The maximum Gasteiger partial charge on any atom is 0.363 e. The summed E-state index contributed by atoms with van der Waals surface area (Å²) >= 11 is 0. The van der Waals surface area contributed by atoms with Gasteiger partial charge in [-0.05, 0) is 60.4 Å². The van der Waals surface area contributed by atoms with E-state index in [1.165, 1.54) is 28.3 Å². The van der Waals surface area contributed by atoms with Gasteiger partial charge < -0.3 is 15.0 Å². The van der Waals surface area contributed by atoms with Crippen LogP contribution in [0.15, 0.2) is 30.5 Å². The molecule has 0 saturated carbocycles. The minimum atomic E-state index is -0.463. The number of hydrogen-bond acceptors (Lipinski definition) is 5. The summed E-state index contributed by atoms with van der Waals surface area (Å²) in [5.74, 6) is -0.105. The van der Waals surface area contributed by atoms with Crippen molar-refractivity contribution in [1.82, 2.24) is 9.88 Å². The van der Waals surface area contributed by atoms with Crippen molar-refractivity contribution in [3.05, 3.63) is 62.8 Å². The van der Waals surface area contributed by atoms with Gasteiger partial charge in [0.25, 0.3) is 0 Å². The van der Waals surface area contributed by atoms with E-state index in [9.17, 15) is 10.1 Å². The van der Waals surface area contributed by atoms with Crippen molar-refractivity contribution in [3.63, 3.8) is 0 Å². The number of aryl methyl sites for hydroxylation is 3. The molecule has 1 aromatic heterocycles. The van der Waals surface area contributed by atoms with Crippen molar-refractivity contribution in [1.29, 1.82) is 0 Å². The molecular weight excluding hydrogens is 328 g/mol. The van der Waals surface area contributed by atoms with Crippen LogP contribution in [0.3, 0.4) is 0 Å². The Labute approximate surface area is 154 Å². The molecule has 1 aliphatic heterocycles. The number of nitrogens with zero attached hydrogens (tertiary/aromatic N) is 4. The Balaban J connectivity index is 1.67. The van der Waals surface area contributed by atoms with E-state index >= 15 is 0 Å². The van der Waals surface area contributed by atoms with Gasteiger partial charge in [-0.3, -0.25) is 4.90 Å². The Hall–Kier alpha value is -2.47. The predicted molar refractivity (Wildman–Crippen MR) is 104 cm³/mol. The van der Waals surface area contributed by atoms with Crippen molar-refractivity contribution < 1.29 is 4.92 Å². The lowest BCUT2D eigenvalue weighted by molar-refractivity contribution is -0.389. The lowest BCUT2D eigenvalue weighted by atomic mass is 9.93. The lowest BCUT2D eigenvalue weighted by Gasteiger charge is -2.39. The average Bonchev–Trinajstić information content (AvgIpc) is 2.61. The zero-order valence-electron chi connectivity index (χ0n) is 15.9. The second kappa shape index (κ2) is 7.41. The van der Waals surface area contributed by atoms with Gasteiger partial charge >= 0.3 is 5.82 Å². The standard InChI is InChI=1S/C20H26N4O2/c1-14-11-15(2)20(16(3)12-14)17(4)22-7-9-23(10-8-22)18-5-6-19(21-13-18)24(25)26/h5-6,11-13,17H,7-10H2,1-4H3. The van der Waals surface area contributed by atoms with Gasteiger partial charge in [0.2, 0.25) is 0 Å². The van der Waals surface area contributed by atoms with Crippen LogP contribution in [0.5, 0.6) is 0 Å². The van der Waals surface area contributed by atoms with Crippen LogP contribution in [0, 0.1) is 30.9 Å². The summed E-state index contributed by atoms with van der Waals surface area (Å²) in [6, 6.07) is 8.17. The largest absolute Gasteiger partial charge is 0.366 e. The maximum atomic E-state index is 10.7.